The van der Waals surface area contributed by atoms with Crippen LogP contribution in [0.2, 0.25) is 0 Å². The van der Waals surface area contributed by atoms with Crippen molar-refractivity contribution in [1.29, 1.82) is 0 Å². The molecule has 1 aliphatic rings. The summed E-state index contributed by atoms with van der Waals surface area (Å²) in [6.45, 7) is 0. The van der Waals surface area contributed by atoms with Gasteiger partial charge in [-0.2, -0.15) is 0 Å². The first-order chi connectivity index (χ1) is 15.2. The van der Waals surface area contributed by atoms with Gasteiger partial charge < -0.3 is 25.8 Å². The quantitative estimate of drug-likeness (QED) is 0.603. The number of hydrogen-bond acceptors (Lipinski definition) is 4. The highest BCUT2D eigenvalue weighted by Gasteiger charge is 2.30. The number of nitrogens with two attached hydrogens (primary N) is 1. The molecule has 0 aromatic heterocycles. The van der Waals surface area contributed by atoms with Gasteiger partial charge in [0.1, 0.15) is 11.5 Å². The highest BCUT2D eigenvalue weighted by molar-refractivity contribution is 5.94. The minimum atomic E-state index is -4.72. The van der Waals surface area contributed by atoms with Crippen LogP contribution in [0.15, 0.2) is 48.5 Å². The maximum absolute atomic E-state index is 11.7. The summed E-state index contributed by atoms with van der Waals surface area (Å²) in [7, 11) is 1.63. The second kappa shape index (κ2) is 11.8. The minimum Gasteiger partial charge on any atom is -0.490 e. The number of carbonyl (C=O) groups excluding carboxylic acids is 2. The van der Waals surface area contributed by atoms with Crippen LogP contribution in [0.3, 0.4) is 0 Å². The largest absolute Gasteiger partial charge is 0.573 e. The normalized spacial score (nSPS) is 13.9. The third-order valence-electron chi connectivity index (χ3n) is 4.55. The molecule has 10 heteroatoms. The lowest BCUT2D eigenvalue weighted by atomic mass is 9.98. The van der Waals surface area contributed by atoms with Gasteiger partial charge >= 0.3 is 12.4 Å². The van der Waals surface area contributed by atoms with E-state index in [9.17, 15) is 22.8 Å². The molecular weight excluding hydrogens is 427 g/mol. The van der Waals surface area contributed by atoms with E-state index >= 15 is 0 Å². The first kappa shape index (κ1) is 24.8. The molecule has 3 amide bonds. The highest BCUT2D eigenvalue weighted by atomic mass is 19.4. The van der Waals surface area contributed by atoms with Crippen LogP contribution in [0, 0.1) is 0 Å². The molecule has 0 aliphatic heterocycles. The zero-order chi connectivity index (χ0) is 23.6. The molecule has 0 radical (unpaired) electrons. The third kappa shape index (κ3) is 9.15. The van der Waals surface area contributed by atoms with E-state index in [2.05, 4.69) is 15.4 Å². The molecule has 0 spiro atoms. The summed E-state index contributed by atoms with van der Waals surface area (Å²) in [5, 5.41) is 4.80. The van der Waals surface area contributed by atoms with Crippen LogP contribution in [0.4, 0.5) is 23.7 Å². The Kier molecular flexibility index (Phi) is 9.18. The Hall–Kier alpha value is -3.43. The van der Waals surface area contributed by atoms with E-state index in [0.29, 0.717) is 11.7 Å². The lowest BCUT2D eigenvalue weighted by molar-refractivity contribution is -0.274. The zero-order valence-corrected chi connectivity index (χ0v) is 17.6. The molecule has 3 rings (SSSR count). The standard InChI is InChI=1S/C14H19NO2.C8H7F3N2O2/c1-15-14(16)11-7-9-13(10-8-11)17-12-5-3-2-4-6-12;9-8(10,11)15-6-3-1-5(2-4-6)13-7(12)14/h7-10,12H,2-6H2,1H3,(H,15,16);1-4H,(H3,12,13,14). The third-order valence-corrected chi connectivity index (χ3v) is 4.55. The number of anilines is 1. The SMILES string of the molecule is CNC(=O)c1ccc(OC2CCCCC2)cc1.NC(=O)Nc1ccc(OC(F)(F)F)cc1. The van der Waals surface area contributed by atoms with Gasteiger partial charge in [0.05, 0.1) is 6.10 Å². The van der Waals surface area contributed by atoms with E-state index < -0.39 is 12.4 Å². The molecule has 1 aliphatic carbocycles. The number of urea groups is 1. The van der Waals surface area contributed by atoms with Gasteiger partial charge in [0.25, 0.3) is 5.91 Å². The van der Waals surface area contributed by atoms with Crippen molar-refractivity contribution in [3.63, 3.8) is 0 Å². The first-order valence-electron chi connectivity index (χ1n) is 10.1. The van der Waals surface area contributed by atoms with E-state index in [-0.39, 0.29) is 17.3 Å². The van der Waals surface area contributed by atoms with Crippen molar-refractivity contribution in [3.8, 4) is 11.5 Å². The summed E-state index contributed by atoms with van der Waals surface area (Å²) in [5.74, 6) is 0.441. The number of alkyl halides is 3. The Labute approximate surface area is 184 Å². The smallest absolute Gasteiger partial charge is 0.490 e. The van der Waals surface area contributed by atoms with Crippen LogP contribution in [-0.2, 0) is 0 Å². The van der Waals surface area contributed by atoms with Crippen molar-refractivity contribution in [2.75, 3.05) is 12.4 Å². The number of nitrogens with one attached hydrogen (secondary N) is 2. The maximum Gasteiger partial charge on any atom is 0.573 e. The van der Waals surface area contributed by atoms with Crippen LogP contribution in [0.5, 0.6) is 11.5 Å². The van der Waals surface area contributed by atoms with E-state index in [1.807, 2.05) is 12.1 Å². The molecule has 0 saturated heterocycles. The number of benzene rings is 2. The number of rotatable bonds is 5. The minimum absolute atomic E-state index is 0.0609. The fraction of sp³-hybridized carbons (Fsp3) is 0.364. The summed E-state index contributed by atoms with van der Waals surface area (Å²) in [5.41, 5.74) is 5.76. The van der Waals surface area contributed by atoms with Crippen molar-refractivity contribution in [2.45, 2.75) is 44.6 Å². The lowest BCUT2D eigenvalue weighted by Gasteiger charge is -2.23. The van der Waals surface area contributed by atoms with Gasteiger partial charge in [0.2, 0.25) is 0 Å². The molecule has 4 N–H and O–H groups in total. The molecule has 1 saturated carbocycles. The average molecular weight is 453 g/mol. The molecule has 0 bridgehead atoms. The average Bonchev–Trinajstić information content (AvgIpc) is 2.75. The summed E-state index contributed by atoms with van der Waals surface area (Å²) in [6.07, 6.45) is 1.79. The first-order valence-corrected chi connectivity index (χ1v) is 10.1. The van der Waals surface area contributed by atoms with E-state index in [4.69, 9.17) is 10.5 Å². The van der Waals surface area contributed by atoms with Crippen molar-refractivity contribution in [2.24, 2.45) is 5.73 Å². The fourth-order valence-corrected chi connectivity index (χ4v) is 3.09. The summed E-state index contributed by atoms with van der Waals surface area (Å²) in [4.78, 5) is 21.7. The monoisotopic (exact) mass is 453 g/mol. The lowest BCUT2D eigenvalue weighted by Crippen LogP contribution is -2.20. The summed E-state index contributed by atoms with van der Waals surface area (Å²) in [6, 6.07) is 11.2. The van der Waals surface area contributed by atoms with Gasteiger partial charge in [0, 0.05) is 18.3 Å². The molecular formula is C22H26F3N3O4. The van der Waals surface area contributed by atoms with Gasteiger partial charge in [-0.25, -0.2) is 4.79 Å². The number of primary amides is 1. The highest BCUT2D eigenvalue weighted by Crippen LogP contribution is 2.24. The molecule has 2 aromatic carbocycles. The number of hydrogen-bond donors (Lipinski definition) is 3. The number of amides is 3. The predicted molar refractivity (Wildman–Crippen MR) is 114 cm³/mol. The van der Waals surface area contributed by atoms with E-state index in [1.54, 1.807) is 19.2 Å². The molecule has 2 aromatic rings. The molecule has 0 heterocycles. The number of halogens is 3. The topological polar surface area (TPSA) is 103 Å². The molecule has 7 nitrogen and oxygen atoms in total. The molecule has 1 fully saturated rings. The Morgan fingerprint density at radius 1 is 0.938 bits per heavy atom. The molecule has 0 atom stereocenters. The Balaban J connectivity index is 0.000000229. The fourth-order valence-electron chi connectivity index (χ4n) is 3.09. The van der Waals surface area contributed by atoms with Crippen LogP contribution in [0.1, 0.15) is 42.5 Å². The van der Waals surface area contributed by atoms with Crippen molar-refractivity contribution in [1.82, 2.24) is 5.32 Å². The summed E-state index contributed by atoms with van der Waals surface area (Å²) >= 11 is 0. The van der Waals surface area contributed by atoms with Crippen LogP contribution in [-0.4, -0.2) is 31.5 Å². The van der Waals surface area contributed by atoms with Gasteiger partial charge in [-0.05, 0) is 74.2 Å². The van der Waals surface area contributed by atoms with E-state index in [1.165, 1.54) is 31.4 Å². The van der Waals surface area contributed by atoms with Crippen LogP contribution < -0.4 is 25.8 Å². The molecule has 174 valence electrons. The molecule has 0 unspecified atom stereocenters. The van der Waals surface area contributed by atoms with Crippen molar-refractivity contribution in [3.05, 3.63) is 54.1 Å². The van der Waals surface area contributed by atoms with Gasteiger partial charge in [0.15, 0.2) is 0 Å². The predicted octanol–water partition coefficient (Wildman–Crippen LogP) is 4.83. The second-order valence-corrected chi connectivity index (χ2v) is 7.04. The zero-order valence-electron chi connectivity index (χ0n) is 17.6. The maximum atomic E-state index is 11.7. The van der Waals surface area contributed by atoms with Crippen molar-refractivity contribution < 1.29 is 32.2 Å². The Morgan fingerprint density at radius 3 is 2.00 bits per heavy atom. The van der Waals surface area contributed by atoms with Gasteiger partial charge in [-0.3, -0.25) is 4.79 Å². The Bertz CT molecular complexity index is 865. The van der Waals surface area contributed by atoms with Gasteiger partial charge in [-0.1, -0.05) is 6.42 Å². The van der Waals surface area contributed by atoms with Crippen LogP contribution in [0.25, 0.3) is 0 Å². The van der Waals surface area contributed by atoms with Gasteiger partial charge in [-0.15, -0.1) is 13.2 Å². The molecule has 32 heavy (non-hydrogen) atoms. The second-order valence-electron chi connectivity index (χ2n) is 7.04. The van der Waals surface area contributed by atoms with Crippen LogP contribution >= 0.6 is 0 Å². The number of ether oxygens (including phenoxy) is 2. The number of carbonyl (C=O) groups is 2. The van der Waals surface area contributed by atoms with Crippen molar-refractivity contribution >= 4 is 17.6 Å². The summed E-state index contributed by atoms with van der Waals surface area (Å²) < 4.78 is 44.7. The van der Waals surface area contributed by atoms with E-state index in [0.717, 1.165) is 30.7 Å². The Morgan fingerprint density at radius 2 is 1.50 bits per heavy atom.